The molecule has 4 nitrogen and oxygen atoms in total. The molecule has 0 bridgehead atoms. The van der Waals surface area contributed by atoms with Crippen molar-refractivity contribution in [3.05, 3.63) is 108 Å². The molecular formula is C26H21NO3. The molecule has 1 aliphatic carbocycles. The van der Waals surface area contributed by atoms with Gasteiger partial charge in [0, 0.05) is 11.8 Å². The van der Waals surface area contributed by atoms with Gasteiger partial charge < -0.3 is 5.11 Å². The van der Waals surface area contributed by atoms with E-state index in [1.54, 1.807) is 12.1 Å². The van der Waals surface area contributed by atoms with E-state index in [4.69, 9.17) is 0 Å². The van der Waals surface area contributed by atoms with Crippen LogP contribution in [0.1, 0.15) is 23.0 Å². The summed E-state index contributed by atoms with van der Waals surface area (Å²) >= 11 is 0. The van der Waals surface area contributed by atoms with Crippen LogP contribution in [0.5, 0.6) is 5.75 Å². The fourth-order valence-corrected chi connectivity index (χ4v) is 4.79. The molecule has 4 heteroatoms. The Balaban J connectivity index is 1.63. The van der Waals surface area contributed by atoms with Gasteiger partial charge in [-0.25, -0.2) is 4.90 Å². The number of benzene rings is 3. The molecule has 1 heterocycles. The topological polar surface area (TPSA) is 57.6 Å². The number of amides is 2. The summed E-state index contributed by atoms with van der Waals surface area (Å²) < 4.78 is 0. The summed E-state index contributed by atoms with van der Waals surface area (Å²) in [5.74, 6) is -1.52. The third-order valence-electron chi connectivity index (χ3n) is 6.17. The fraction of sp³-hybridized carbons (Fsp3) is 0.154. The number of hydrogen-bond donors (Lipinski definition) is 1. The molecule has 4 atom stereocenters. The fourth-order valence-electron chi connectivity index (χ4n) is 4.79. The summed E-state index contributed by atoms with van der Waals surface area (Å²) in [6.07, 6.45) is 4.17. The van der Waals surface area contributed by atoms with E-state index in [2.05, 4.69) is 12.2 Å². The zero-order valence-corrected chi connectivity index (χ0v) is 16.3. The lowest BCUT2D eigenvalue weighted by atomic mass is 9.68. The number of nitrogens with zero attached hydrogens (tertiary/aromatic N) is 1. The van der Waals surface area contributed by atoms with Crippen LogP contribution in [0.15, 0.2) is 97.1 Å². The zero-order valence-electron chi connectivity index (χ0n) is 16.3. The molecule has 1 aliphatic heterocycles. The van der Waals surface area contributed by atoms with Crippen molar-refractivity contribution >= 4 is 17.5 Å². The number of phenolic OH excluding ortho intramolecular Hbond substituents is 1. The summed E-state index contributed by atoms with van der Waals surface area (Å²) in [5, 5.41) is 9.62. The Morgan fingerprint density at radius 2 is 1.03 bits per heavy atom. The van der Waals surface area contributed by atoms with Gasteiger partial charge in [0.15, 0.2) is 0 Å². The van der Waals surface area contributed by atoms with Crippen LogP contribution in [0.3, 0.4) is 0 Å². The van der Waals surface area contributed by atoms with E-state index in [9.17, 15) is 14.7 Å². The molecule has 3 aromatic rings. The van der Waals surface area contributed by atoms with Crippen molar-refractivity contribution in [2.75, 3.05) is 4.90 Å². The molecule has 0 spiro atoms. The molecule has 3 aromatic carbocycles. The van der Waals surface area contributed by atoms with Crippen molar-refractivity contribution in [3.8, 4) is 5.75 Å². The molecule has 1 fully saturated rings. The standard InChI is InChI=1S/C26H21NO3/c28-20-13-11-19(12-14-20)27-25(29)23-21(17-7-3-1-4-8-17)15-16-22(24(23)26(27)30)18-9-5-2-6-10-18/h1-16,21-24,28H/t21-,22+,23-,24-/m1/s1. The van der Waals surface area contributed by atoms with Crippen LogP contribution in [-0.2, 0) is 9.59 Å². The van der Waals surface area contributed by atoms with E-state index in [-0.39, 0.29) is 29.4 Å². The zero-order chi connectivity index (χ0) is 20.7. The maximum atomic E-state index is 13.6. The Kier molecular flexibility index (Phi) is 4.47. The highest BCUT2D eigenvalue weighted by atomic mass is 16.3. The average molecular weight is 395 g/mol. The van der Waals surface area contributed by atoms with E-state index in [0.29, 0.717) is 5.69 Å². The summed E-state index contributed by atoms with van der Waals surface area (Å²) in [5.41, 5.74) is 2.56. The number of aromatic hydroxyl groups is 1. The molecule has 0 radical (unpaired) electrons. The van der Waals surface area contributed by atoms with E-state index >= 15 is 0 Å². The molecule has 30 heavy (non-hydrogen) atoms. The average Bonchev–Trinajstić information content (AvgIpc) is 3.06. The predicted octanol–water partition coefficient (Wildman–Crippen LogP) is 4.64. The van der Waals surface area contributed by atoms with Gasteiger partial charge >= 0.3 is 0 Å². The highest BCUT2D eigenvalue weighted by molar-refractivity contribution is 6.23. The minimum absolute atomic E-state index is 0.0984. The van der Waals surface area contributed by atoms with Gasteiger partial charge in [0.1, 0.15) is 5.75 Å². The van der Waals surface area contributed by atoms with Crippen LogP contribution in [0.4, 0.5) is 5.69 Å². The number of hydrogen-bond acceptors (Lipinski definition) is 3. The maximum Gasteiger partial charge on any atom is 0.238 e. The molecule has 2 aliphatic rings. The van der Waals surface area contributed by atoms with Crippen molar-refractivity contribution in [1.82, 2.24) is 0 Å². The minimum atomic E-state index is -0.469. The van der Waals surface area contributed by atoms with Crippen LogP contribution >= 0.6 is 0 Å². The van der Waals surface area contributed by atoms with Gasteiger partial charge in [-0.2, -0.15) is 0 Å². The number of fused-ring (bicyclic) bond motifs is 1. The first-order chi connectivity index (χ1) is 14.6. The van der Waals surface area contributed by atoms with Crippen molar-refractivity contribution in [2.45, 2.75) is 11.8 Å². The molecule has 148 valence electrons. The Labute approximate surface area is 175 Å². The lowest BCUT2D eigenvalue weighted by Crippen LogP contribution is -2.31. The molecule has 0 aromatic heterocycles. The van der Waals surface area contributed by atoms with Crippen molar-refractivity contribution < 1.29 is 14.7 Å². The smallest absolute Gasteiger partial charge is 0.238 e. The molecule has 0 unspecified atom stereocenters. The molecule has 2 amide bonds. The lowest BCUT2D eigenvalue weighted by Gasteiger charge is -2.32. The van der Waals surface area contributed by atoms with Gasteiger partial charge in [-0.15, -0.1) is 0 Å². The van der Waals surface area contributed by atoms with Crippen molar-refractivity contribution in [2.24, 2.45) is 11.8 Å². The maximum absolute atomic E-state index is 13.6. The summed E-state index contributed by atoms with van der Waals surface area (Å²) in [6.45, 7) is 0. The van der Waals surface area contributed by atoms with E-state index in [0.717, 1.165) is 11.1 Å². The second kappa shape index (κ2) is 7.30. The largest absolute Gasteiger partial charge is 0.508 e. The van der Waals surface area contributed by atoms with Gasteiger partial charge in [-0.05, 0) is 35.4 Å². The van der Waals surface area contributed by atoms with Gasteiger partial charge in [0.05, 0.1) is 17.5 Å². The van der Waals surface area contributed by atoms with Crippen molar-refractivity contribution in [1.29, 1.82) is 0 Å². The van der Waals surface area contributed by atoms with Crippen LogP contribution in [0.2, 0.25) is 0 Å². The SMILES string of the molecule is O=C1[C@H]2[C@H](C(=O)N1c1ccc(O)cc1)[C@H](c1ccccc1)C=C[C@@H]2c1ccccc1. The van der Waals surface area contributed by atoms with Crippen LogP contribution in [0.25, 0.3) is 0 Å². The number of carbonyl (C=O) groups excluding carboxylic acids is 2. The Morgan fingerprint density at radius 1 is 0.600 bits per heavy atom. The van der Waals surface area contributed by atoms with E-state index < -0.39 is 11.8 Å². The second-order valence-electron chi connectivity index (χ2n) is 7.84. The third-order valence-corrected chi connectivity index (χ3v) is 6.17. The third kappa shape index (κ3) is 2.92. The first-order valence-corrected chi connectivity index (χ1v) is 10.1. The monoisotopic (exact) mass is 395 g/mol. The number of phenols is 1. The van der Waals surface area contributed by atoms with Crippen LogP contribution in [-0.4, -0.2) is 16.9 Å². The Bertz CT molecular complexity index is 1040. The van der Waals surface area contributed by atoms with E-state index in [1.165, 1.54) is 17.0 Å². The van der Waals surface area contributed by atoms with Gasteiger partial charge in [-0.1, -0.05) is 72.8 Å². The Morgan fingerprint density at radius 3 is 1.47 bits per heavy atom. The van der Waals surface area contributed by atoms with E-state index in [1.807, 2.05) is 60.7 Å². The molecule has 0 saturated carbocycles. The van der Waals surface area contributed by atoms with Gasteiger partial charge in [0.2, 0.25) is 11.8 Å². The quantitative estimate of drug-likeness (QED) is 0.519. The normalized spacial score (nSPS) is 25.4. The Hall–Kier alpha value is -3.66. The second-order valence-corrected chi connectivity index (χ2v) is 7.84. The summed E-state index contributed by atoms with van der Waals surface area (Å²) in [6, 6.07) is 26.0. The van der Waals surface area contributed by atoms with Gasteiger partial charge in [0.25, 0.3) is 0 Å². The summed E-state index contributed by atoms with van der Waals surface area (Å²) in [7, 11) is 0. The predicted molar refractivity (Wildman–Crippen MR) is 115 cm³/mol. The minimum Gasteiger partial charge on any atom is -0.508 e. The highest BCUT2D eigenvalue weighted by Crippen LogP contribution is 2.50. The number of anilines is 1. The molecule has 5 rings (SSSR count). The molecule has 1 saturated heterocycles. The number of imide groups is 1. The lowest BCUT2D eigenvalue weighted by molar-refractivity contribution is -0.122. The number of allylic oxidation sites excluding steroid dienone is 2. The first kappa shape index (κ1) is 18.4. The van der Waals surface area contributed by atoms with Crippen LogP contribution in [0, 0.1) is 11.8 Å². The molecular weight excluding hydrogens is 374 g/mol. The number of rotatable bonds is 3. The highest BCUT2D eigenvalue weighted by Gasteiger charge is 2.55. The van der Waals surface area contributed by atoms with Gasteiger partial charge in [-0.3, -0.25) is 9.59 Å². The van der Waals surface area contributed by atoms with Crippen molar-refractivity contribution in [3.63, 3.8) is 0 Å². The molecule has 1 N–H and O–H groups in total. The first-order valence-electron chi connectivity index (χ1n) is 10.1. The summed E-state index contributed by atoms with van der Waals surface area (Å²) in [4.78, 5) is 28.5. The number of carbonyl (C=O) groups is 2. The van der Waals surface area contributed by atoms with Crippen LogP contribution < -0.4 is 4.90 Å².